The van der Waals surface area contributed by atoms with Gasteiger partial charge in [-0.05, 0) is 61.9 Å². The maximum Gasteiger partial charge on any atom is 0.314 e. The van der Waals surface area contributed by atoms with Gasteiger partial charge in [0.15, 0.2) is 0 Å². The normalized spacial score (nSPS) is 17.8. The summed E-state index contributed by atoms with van der Waals surface area (Å²) in [6.45, 7) is 6.04. The summed E-state index contributed by atoms with van der Waals surface area (Å²) in [4.78, 5) is 12.0. The van der Waals surface area contributed by atoms with Gasteiger partial charge in [-0.3, -0.25) is 4.79 Å². The van der Waals surface area contributed by atoms with Crippen molar-refractivity contribution in [2.75, 3.05) is 7.11 Å². The third kappa shape index (κ3) is 2.19. The molecule has 1 saturated carbocycles. The number of benzene rings is 1. The number of aliphatic carboxylic acids is 1. The van der Waals surface area contributed by atoms with Crippen molar-refractivity contribution in [2.45, 2.75) is 58.3 Å². The molecule has 2 rings (SSSR count). The lowest BCUT2D eigenvalue weighted by molar-refractivity contribution is -0.145. The van der Waals surface area contributed by atoms with E-state index in [0.717, 1.165) is 60.1 Å². The predicted octanol–water partition coefficient (Wildman–Crippen LogP) is 3.91. The zero-order valence-electron chi connectivity index (χ0n) is 12.9. The van der Waals surface area contributed by atoms with E-state index in [0.29, 0.717) is 0 Å². The Balaban J connectivity index is 2.66. The minimum absolute atomic E-state index is 0.673. The number of methoxy groups -OCH3 is 1. The second-order valence-corrected chi connectivity index (χ2v) is 5.97. The molecule has 0 radical (unpaired) electrons. The average Bonchev–Trinajstić information content (AvgIpc) is 2.43. The maximum absolute atomic E-state index is 12.0. The molecular weight excluding hydrogens is 252 g/mol. The van der Waals surface area contributed by atoms with Crippen LogP contribution in [0.5, 0.6) is 5.75 Å². The van der Waals surface area contributed by atoms with Crippen LogP contribution in [-0.2, 0) is 10.2 Å². The number of hydrogen-bond acceptors (Lipinski definition) is 2. The van der Waals surface area contributed by atoms with Gasteiger partial charge < -0.3 is 9.84 Å². The highest BCUT2D eigenvalue weighted by Crippen LogP contribution is 2.44. The number of aryl methyl sites for hydroxylation is 1. The van der Waals surface area contributed by atoms with Crippen LogP contribution in [0.15, 0.2) is 6.07 Å². The van der Waals surface area contributed by atoms with Crippen molar-refractivity contribution >= 4 is 5.97 Å². The van der Waals surface area contributed by atoms with E-state index in [-0.39, 0.29) is 0 Å². The highest BCUT2D eigenvalue weighted by molar-refractivity contribution is 5.83. The molecule has 3 nitrogen and oxygen atoms in total. The Hall–Kier alpha value is -1.51. The molecule has 0 aliphatic heterocycles. The lowest BCUT2D eigenvalue weighted by Gasteiger charge is -2.36. The molecule has 0 atom stereocenters. The van der Waals surface area contributed by atoms with Crippen LogP contribution in [0.3, 0.4) is 0 Å². The van der Waals surface area contributed by atoms with Crippen LogP contribution in [0.1, 0.15) is 54.4 Å². The number of carboxylic acids is 1. The van der Waals surface area contributed by atoms with Crippen LogP contribution < -0.4 is 4.74 Å². The fourth-order valence-corrected chi connectivity index (χ4v) is 3.72. The van der Waals surface area contributed by atoms with E-state index in [1.54, 1.807) is 7.11 Å². The van der Waals surface area contributed by atoms with Gasteiger partial charge in [0.05, 0.1) is 12.5 Å². The molecule has 0 heterocycles. The van der Waals surface area contributed by atoms with E-state index < -0.39 is 11.4 Å². The van der Waals surface area contributed by atoms with E-state index in [1.165, 1.54) is 0 Å². The standard InChI is InChI=1S/C17H24O3/c1-11-10-14(20-4)12(2)13(3)15(11)17(16(18)19)8-6-5-7-9-17/h10H,5-9H2,1-4H3,(H,18,19). The molecule has 3 heteroatoms. The Bertz CT molecular complexity index is 526. The first kappa shape index (κ1) is 14.9. The van der Waals surface area contributed by atoms with Gasteiger partial charge in [0.1, 0.15) is 5.75 Å². The topological polar surface area (TPSA) is 46.5 Å². The van der Waals surface area contributed by atoms with Gasteiger partial charge in [-0.2, -0.15) is 0 Å². The monoisotopic (exact) mass is 276 g/mol. The molecule has 1 aromatic carbocycles. The number of ether oxygens (including phenoxy) is 1. The maximum atomic E-state index is 12.0. The van der Waals surface area contributed by atoms with Gasteiger partial charge in [-0.25, -0.2) is 0 Å². The van der Waals surface area contributed by atoms with Gasteiger partial charge >= 0.3 is 5.97 Å². The lowest BCUT2D eigenvalue weighted by Crippen LogP contribution is -2.39. The molecule has 0 bridgehead atoms. The van der Waals surface area contributed by atoms with Crippen molar-refractivity contribution in [1.29, 1.82) is 0 Å². The third-order valence-electron chi connectivity index (χ3n) is 4.86. The third-order valence-corrected chi connectivity index (χ3v) is 4.86. The molecule has 1 N–H and O–H groups in total. The van der Waals surface area contributed by atoms with Gasteiger partial charge in [0.2, 0.25) is 0 Å². The lowest BCUT2D eigenvalue weighted by atomic mass is 9.66. The molecule has 1 aromatic rings. The second-order valence-electron chi connectivity index (χ2n) is 5.97. The summed E-state index contributed by atoms with van der Waals surface area (Å²) in [5.41, 5.74) is 3.48. The van der Waals surface area contributed by atoms with Crippen LogP contribution in [0.4, 0.5) is 0 Å². The average molecular weight is 276 g/mol. The van der Waals surface area contributed by atoms with Crippen molar-refractivity contribution < 1.29 is 14.6 Å². The molecule has 1 aliphatic carbocycles. The molecule has 110 valence electrons. The fraction of sp³-hybridized carbons (Fsp3) is 0.588. The molecule has 20 heavy (non-hydrogen) atoms. The first-order chi connectivity index (χ1) is 9.44. The second kappa shape index (κ2) is 5.47. The number of carboxylic acid groups (broad SMARTS) is 1. The van der Waals surface area contributed by atoms with E-state index in [1.807, 2.05) is 26.8 Å². The summed E-state index contributed by atoms with van der Waals surface area (Å²) < 4.78 is 5.39. The number of rotatable bonds is 3. The summed E-state index contributed by atoms with van der Waals surface area (Å²) in [5.74, 6) is 0.174. The molecule has 0 saturated heterocycles. The summed E-state index contributed by atoms with van der Waals surface area (Å²) in [6, 6.07) is 1.98. The quantitative estimate of drug-likeness (QED) is 0.910. The Labute approximate surface area is 121 Å². The van der Waals surface area contributed by atoms with E-state index in [2.05, 4.69) is 0 Å². The molecule has 0 unspecified atom stereocenters. The van der Waals surface area contributed by atoms with Crippen molar-refractivity contribution in [3.8, 4) is 5.75 Å². The molecule has 0 amide bonds. The number of carbonyl (C=O) groups is 1. The first-order valence-corrected chi connectivity index (χ1v) is 7.32. The fourth-order valence-electron chi connectivity index (χ4n) is 3.72. The summed E-state index contributed by atoms with van der Waals surface area (Å²) in [5, 5.41) is 9.88. The van der Waals surface area contributed by atoms with Crippen molar-refractivity contribution in [2.24, 2.45) is 0 Å². The van der Waals surface area contributed by atoms with Crippen molar-refractivity contribution in [1.82, 2.24) is 0 Å². The Morgan fingerprint density at radius 3 is 2.25 bits per heavy atom. The van der Waals surface area contributed by atoms with Crippen LogP contribution in [0, 0.1) is 20.8 Å². The minimum atomic E-state index is -0.705. The van der Waals surface area contributed by atoms with Gasteiger partial charge in [-0.15, -0.1) is 0 Å². The van der Waals surface area contributed by atoms with Gasteiger partial charge in [0, 0.05) is 0 Å². The van der Waals surface area contributed by atoms with Crippen LogP contribution in [0.25, 0.3) is 0 Å². The summed E-state index contributed by atoms with van der Waals surface area (Å²) >= 11 is 0. The summed E-state index contributed by atoms with van der Waals surface area (Å²) in [7, 11) is 1.66. The largest absolute Gasteiger partial charge is 0.496 e. The zero-order chi connectivity index (χ0) is 14.9. The highest BCUT2D eigenvalue weighted by atomic mass is 16.5. The Morgan fingerprint density at radius 2 is 1.75 bits per heavy atom. The van der Waals surface area contributed by atoms with Crippen LogP contribution in [0.2, 0.25) is 0 Å². The SMILES string of the molecule is COc1cc(C)c(C2(C(=O)O)CCCCC2)c(C)c1C. The predicted molar refractivity (Wildman–Crippen MR) is 79.6 cm³/mol. The molecular formula is C17H24O3. The smallest absolute Gasteiger partial charge is 0.314 e. The zero-order valence-corrected chi connectivity index (χ0v) is 12.9. The molecule has 1 fully saturated rings. The minimum Gasteiger partial charge on any atom is -0.496 e. The molecule has 0 aromatic heterocycles. The van der Waals surface area contributed by atoms with Crippen molar-refractivity contribution in [3.05, 3.63) is 28.3 Å². The van der Waals surface area contributed by atoms with Crippen LogP contribution >= 0.6 is 0 Å². The van der Waals surface area contributed by atoms with E-state index in [4.69, 9.17) is 4.74 Å². The van der Waals surface area contributed by atoms with Gasteiger partial charge in [0.25, 0.3) is 0 Å². The first-order valence-electron chi connectivity index (χ1n) is 7.32. The highest BCUT2D eigenvalue weighted by Gasteiger charge is 2.43. The molecule has 0 spiro atoms. The van der Waals surface area contributed by atoms with Gasteiger partial charge in [-0.1, -0.05) is 19.3 Å². The Morgan fingerprint density at radius 1 is 1.15 bits per heavy atom. The summed E-state index contributed by atoms with van der Waals surface area (Å²) in [6.07, 6.45) is 4.63. The van der Waals surface area contributed by atoms with E-state index in [9.17, 15) is 9.90 Å². The Kier molecular flexibility index (Phi) is 4.07. The van der Waals surface area contributed by atoms with Crippen LogP contribution in [-0.4, -0.2) is 18.2 Å². The van der Waals surface area contributed by atoms with Crippen molar-refractivity contribution in [3.63, 3.8) is 0 Å². The number of hydrogen-bond donors (Lipinski definition) is 1. The molecule has 1 aliphatic rings. The van der Waals surface area contributed by atoms with E-state index >= 15 is 0 Å².